The Balaban J connectivity index is 2.33. The number of ether oxygens (including phenoxy) is 3. The van der Waals surface area contributed by atoms with Gasteiger partial charge in [-0.25, -0.2) is 18.4 Å². The van der Waals surface area contributed by atoms with Crippen LogP contribution in [-0.2, 0) is 18.7 Å². The summed E-state index contributed by atoms with van der Waals surface area (Å²) in [4.78, 5) is 24.7. The maximum atomic E-state index is 15.0. The lowest BCUT2D eigenvalue weighted by Crippen LogP contribution is -2.74. The number of anilines is 1. The van der Waals surface area contributed by atoms with Crippen molar-refractivity contribution in [2.24, 2.45) is 5.92 Å². The van der Waals surface area contributed by atoms with Gasteiger partial charge in [-0.2, -0.15) is 74.6 Å². The first-order valence-corrected chi connectivity index (χ1v) is 23.0. The van der Waals surface area contributed by atoms with E-state index in [1.807, 2.05) is 0 Å². The number of hydrogen-bond acceptors (Lipinski definition) is 6. The molecule has 0 spiro atoms. The first-order chi connectivity index (χ1) is 31.7. The van der Waals surface area contributed by atoms with Crippen molar-refractivity contribution >= 4 is 26.1 Å². The summed E-state index contributed by atoms with van der Waals surface area (Å²) in [5.74, 6) is -60.1. The topological polar surface area (TPSA) is 83.1 Å². The van der Waals surface area contributed by atoms with Crippen LogP contribution in [0.3, 0.4) is 0 Å². The number of alkyl halides is 17. The molecule has 1 amide bonds. The van der Waals surface area contributed by atoms with E-state index >= 15 is 8.78 Å². The average Bonchev–Trinajstić information content (AvgIpc) is 3.22. The highest BCUT2D eigenvalue weighted by Gasteiger charge is 2.95. The lowest BCUT2D eigenvalue weighted by Gasteiger charge is -2.44. The van der Waals surface area contributed by atoms with E-state index in [0.717, 1.165) is 12.1 Å². The molecule has 7 nitrogen and oxygen atoms in total. The number of halogens is 19. The van der Waals surface area contributed by atoms with Crippen LogP contribution in [0.4, 0.5) is 93.9 Å². The van der Waals surface area contributed by atoms with Crippen LogP contribution in [0.1, 0.15) is 73.0 Å². The number of esters is 1. The standard InChI is InChI=1S/C43H48F19NO6Si/c1-8-66-33(64)22-26(6)10-9-11-27(7)34(69-35(65)63-32-17-14-29(44)23-31(32)45)28-12-15-30(16-13-28)67-19-20-68-70(24(2)3,25(4)5)21-18-36(46,47)37(48,49)38(50,51)39(52,53)40(54,55)41(56,57)42(58,59)43(60,61)62/h9-10,12-17,22-25,27,34H,8,11,18-21H2,1-7H3,(H,63,65)/b10-9+,26-22+/t27-,34-/m1/s1. The monoisotopic (exact) mass is 1060 g/mol. The molecule has 2 aromatic carbocycles. The fourth-order valence-electron chi connectivity index (χ4n) is 6.87. The van der Waals surface area contributed by atoms with Crippen molar-refractivity contribution in [1.82, 2.24) is 0 Å². The van der Waals surface area contributed by atoms with Crippen molar-refractivity contribution in [2.75, 3.05) is 25.1 Å². The molecular weight excluding hydrogens is 1020 g/mol. The van der Waals surface area contributed by atoms with Crippen LogP contribution < -0.4 is 10.1 Å². The molecule has 398 valence electrons. The molecule has 0 fully saturated rings. The van der Waals surface area contributed by atoms with Gasteiger partial charge in [-0.3, -0.25) is 5.32 Å². The Morgan fingerprint density at radius 3 is 1.70 bits per heavy atom. The first-order valence-electron chi connectivity index (χ1n) is 20.7. The van der Waals surface area contributed by atoms with Gasteiger partial charge in [0.15, 0.2) is 8.32 Å². The van der Waals surface area contributed by atoms with E-state index < -0.39 is 134 Å². The fourth-order valence-corrected chi connectivity index (χ4v) is 11.3. The molecule has 0 saturated heterocycles. The normalized spacial score (nSPS) is 15.1. The zero-order chi connectivity index (χ0) is 54.3. The second-order valence-electron chi connectivity index (χ2n) is 16.5. The molecule has 0 bridgehead atoms. The molecule has 0 aliphatic carbocycles. The number of carbonyl (C=O) groups excluding carboxylic acids is 2. The molecule has 2 rings (SSSR count). The van der Waals surface area contributed by atoms with E-state index in [-0.39, 0.29) is 18.8 Å². The largest absolute Gasteiger partial charge is 0.491 e. The number of rotatable bonds is 25. The molecule has 0 radical (unpaired) electrons. The Labute approximate surface area is 389 Å². The number of amides is 1. The summed E-state index contributed by atoms with van der Waals surface area (Å²) >= 11 is 0. The molecule has 0 heterocycles. The molecule has 2 atom stereocenters. The van der Waals surface area contributed by atoms with Gasteiger partial charge in [0.05, 0.1) is 18.9 Å². The van der Waals surface area contributed by atoms with Gasteiger partial charge in [0.2, 0.25) is 0 Å². The van der Waals surface area contributed by atoms with Gasteiger partial charge in [0.25, 0.3) is 0 Å². The highest BCUT2D eigenvalue weighted by Crippen LogP contribution is 2.64. The van der Waals surface area contributed by atoms with Gasteiger partial charge >= 0.3 is 59.7 Å². The lowest BCUT2D eigenvalue weighted by molar-refractivity contribution is -0.461. The van der Waals surface area contributed by atoms with Crippen LogP contribution in [0.5, 0.6) is 5.75 Å². The molecule has 0 saturated carbocycles. The summed E-state index contributed by atoms with van der Waals surface area (Å²) in [6.45, 7) is 9.16. The van der Waals surface area contributed by atoms with Crippen molar-refractivity contribution in [3.8, 4) is 5.75 Å². The minimum absolute atomic E-state index is 0.0577. The lowest BCUT2D eigenvalue weighted by atomic mass is 9.88. The maximum Gasteiger partial charge on any atom is 0.460 e. The van der Waals surface area contributed by atoms with Gasteiger partial charge in [-0.15, -0.1) is 0 Å². The first kappa shape index (κ1) is 61.4. The maximum absolute atomic E-state index is 15.0. The summed E-state index contributed by atoms with van der Waals surface area (Å²) < 4.78 is 286. The second kappa shape index (κ2) is 22.8. The minimum atomic E-state index is -8.72. The molecule has 0 aliphatic heterocycles. The Morgan fingerprint density at radius 2 is 1.21 bits per heavy atom. The number of allylic oxidation sites excluding steroid dienone is 3. The Kier molecular flexibility index (Phi) is 20.0. The van der Waals surface area contributed by atoms with Crippen molar-refractivity contribution in [3.05, 3.63) is 83.5 Å². The van der Waals surface area contributed by atoms with Gasteiger partial charge < -0.3 is 18.6 Å². The Morgan fingerprint density at radius 1 is 0.700 bits per heavy atom. The highest BCUT2D eigenvalue weighted by molar-refractivity contribution is 6.76. The zero-order valence-electron chi connectivity index (χ0n) is 38.0. The third-order valence-electron chi connectivity index (χ3n) is 10.9. The summed E-state index contributed by atoms with van der Waals surface area (Å²) in [5.41, 5.74) is -1.43. The molecule has 0 aromatic heterocycles. The second-order valence-corrected chi connectivity index (χ2v) is 21.5. The van der Waals surface area contributed by atoms with Crippen LogP contribution >= 0.6 is 0 Å². The van der Waals surface area contributed by atoms with Crippen LogP contribution in [0.2, 0.25) is 17.1 Å². The third kappa shape index (κ3) is 13.0. The number of benzene rings is 2. The molecule has 1 N–H and O–H groups in total. The van der Waals surface area contributed by atoms with E-state index in [1.54, 1.807) is 32.9 Å². The minimum Gasteiger partial charge on any atom is -0.491 e. The predicted molar refractivity (Wildman–Crippen MR) is 216 cm³/mol. The molecule has 27 heteroatoms. The van der Waals surface area contributed by atoms with Crippen LogP contribution in [-0.4, -0.2) is 87.8 Å². The molecule has 0 unspecified atom stereocenters. The third-order valence-corrected chi connectivity index (χ3v) is 16.6. The van der Waals surface area contributed by atoms with Crippen LogP contribution in [0, 0.1) is 17.6 Å². The highest BCUT2D eigenvalue weighted by atomic mass is 28.4. The molecule has 0 aliphatic rings. The van der Waals surface area contributed by atoms with E-state index in [4.69, 9.17) is 18.6 Å². The summed E-state index contributed by atoms with van der Waals surface area (Å²) in [6, 6.07) is 6.49. The van der Waals surface area contributed by atoms with Gasteiger partial charge in [-0.05, 0) is 72.8 Å². The van der Waals surface area contributed by atoms with Crippen molar-refractivity contribution in [1.29, 1.82) is 0 Å². The van der Waals surface area contributed by atoms with Crippen LogP contribution in [0.25, 0.3) is 0 Å². The van der Waals surface area contributed by atoms with Gasteiger partial charge in [0.1, 0.15) is 30.1 Å². The number of carbonyl (C=O) groups is 2. The van der Waals surface area contributed by atoms with Gasteiger partial charge in [-0.1, -0.05) is 58.9 Å². The van der Waals surface area contributed by atoms with Crippen molar-refractivity contribution in [3.63, 3.8) is 0 Å². The zero-order valence-corrected chi connectivity index (χ0v) is 39.0. The molecule has 70 heavy (non-hydrogen) atoms. The quantitative estimate of drug-likeness (QED) is 0.0266. The average molecular weight is 1060 g/mol. The van der Waals surface area contributed by atoms with Gasteiger partial charge in [0, 0.05) is 24.5 Å². The Bertz CT molecular complexity index is 2120. The van der Waals surface area contributed by atoms with Crippen molar-refractivity contribution < 1.29 is 112 Å². The molecule has 2 aromatic rings. The van der Waals surface area contributed by atoms with Crippen molar-refractivity contribution in [2.45, 2.75) is 132 Å². The smallest absolute Gasteiger partial charge is 0.460 e. The van der Waals surface area contributed by atoms with E-state index in [9.17, 15) is 84.2 Å². The summed E-state index contributed by atoms with van der Waals surface area (Å²) in [5, 5.41) is 2.16. The number of nitrogens with one attached hydrogen (secondary N) is 1. The summed E-state index contributed by atoms with van der Waals surface area (Å²) in [6.07, 6.45) is -8.00. The summed E-state index contributed by atoms with van der Waals surface area (Å²) in [7, 11) is -4.06. The molecular formula is C43H48F19NO6Si. The Hall–Kier alpha value is -4.69. The van der Waals surface area contributed by atoms with E-state index in [1.165, 1.54) is 58.0 Å². The number of hydrogen-bond donors (Lipinski definition) is 1. The fraction of sp³-hybridized carbons (Fsp3) is 0.581. The van der Waals surface area contributed by atoms with Crippen LogP contribution in [0.15, 0.2) is 66.3 Å². The van der Waals surface area contributed by atoms with E-state index in [2.05, 4.69) is 5.32 Å². The predicted octanol–water partition coefficient (Wildman–Crippen LogP) is 14.9. The van der Waals surface area contributed by atoms with E-state index in [0.29, 0.717) is 17.2 Å². The SMILES string of the molecule is CCOC(=O)/C=C(C)/C=C/C[C@@H](C)[C@@H](OC(=O)Nc1ccc(F)cc1F)c1ccc(OCCO[Si](CCC(F)(F)C(F)(F)C(F)(F)C(F)(F)C(F)(F)C(F)(F)C(F)(F)C(F)(F)F)(C(C)C)C(C)C)cc1.